The molecule has 0 saturated heterocycles. The van der Waals surface area contributed by atoms with Crippen LogP contribution in [0.1, 0.15) is 45.7 Å². The van der Waals surface area contributed by atoms with Crippen LogP contribution in [0.15, 0.2) is 42.3 Å². The summed E-state index contributed by atoms with van der Waals surface area (Å²) in [5.41, 5.74) is 3.93. The number of aromatic nitrogens is 2. The average Bonchev–Trinajstić information content (AvgIpc) is 2.54. The molecule has 0 bridgehead atoms. The molecule has 2 aromatic heterocycles. The van der Waals surface area contributed by atoms with Gasteiger partial charge in [-0.05, 0) is 48.5 Å². The van der Waals surface area contributed by atoms with Gasteiger partial charge in [0, 0.05) is 30.2 Å². The van der Waals surface area contributed by atoms with Gasteiger partial charge in [-0.3, -0.25) is 4.98 Å². The van der Waals surface area contributed by atoms with Crippen molar-refractivity contribution in [1.82, 2.24) is 9.97 Å². The minimum absolute atomic E-state index is 0.294. The first kappa shape index (κ1) is 15.7. The van der Waals surface area contributed by atoms with E-state index in [9.17, 15) is 0 Å². The normalized spacial score (nSPS) is 21.0. The molecule has 1 unspecified atom stereocenters. The van der Waals surface area contributed by atoms with E-state index in [1.165, 1.54) is 24.0 Å². The van der Waals surface area contributed by atoms with Crippen LogP contribution >= 0.6 is 0 Å². The van der Waals surface area contributed by atoms with E-state index >= 15 is 0 Å². The summed E-state index contributed by atoms with van der Waals surface area (Å²) < 4.78 is 0. The Hall–Kier alpha value is -2.16. The van der Waals surface area contributed by atoms with E-state index in [4.69, 9.17) is 0 Å². The highest BCUT2D eigenvalue weighted by Gasteiger charge is 2.24. The van der Waals surface area contributed by atoms with E-state index in [2.05, 4.69) is 54.3 Å². The van der Waals surface area contributed by atoms with Gasteiger partial charge in [0.2, 0.25) is 0 Å². The molecular weight excluding hydrogens is 282 g/mol. The van der Waals surface area contributed by atoms with Crippen molar-refractivity contribution < 1.29 is 0 Å². The van der Waals surface area contributed by atoms with E-state index in [0.29, 0.717) is 5.41 Å². The fourth-order valence-electron chi connectivity index (χ4n) is 3.53. The van der Waals surface area contributed by atoms with Gasteiger partial charge in [-0.2, -0.15) is 0 Å². The lowest BCUT2D eigenvalue weighted by atomic mass is 9.75. The van der Waals surface area contributed by atoms with E-state index in [1.807, 2.05) is 25.5 Å². The quantitative estimate of drug-likeness (QED) is 0.842. The van der Waals surface area contributed by atoms with Gasteiger partial charge in [0.15, 0.2) is 0 Å². The molecule has 0 aliphatic heterocycles. The summed E-state index contributed by atoms with van der Waals surface area (Å²) in [5, 5.41) is 5.31. The summed E-state index contributed by atoms with van der Waals surface area (Å²) in [4.78, 5) is 9.09. The number of hydrogen-bond donors (Lipinski definition) is 1. The Morgan fingerprint density at radius 1 is 1.17 bits per heavy atom. The van der Waals surface area contributed by atoms with Crippen LogP contribution < -0.4 is 5.32 Å². The lowest BCUT2D eigenvalue weighted by Gasteiger charge is -2.30. The first-order chi connectivity index (χ1) is 11.0. The zero-order chi connectivity index (χ0) is 16.4. The molecule has 2 heterocycles. The minimum Gasteiger partial charge on any atom is -0.373 e. The van der Waals surface area contributed by atoms with Crippen LogP contribution in [0.2, 0.25) is 0 Å². The van der Waals surface area contributed by atoms with Crippen LogP contribution in [0.5, 0.6) is 0 Å². The van der Waals surface area contributed by atoms with E-state index in [1.54, 1.807) is 0 Å². The topological polar surface area (TPSA) is 37.8 Å². The molecule has 0 radical (unpaired) electrons. The third-order valence-corrected chi connectivity index (χ3v) is 4.72. The SMILES string of the molecule is CCCC1(C)C=C(C)C(c2cc3cnc(NC)cc3cn2)=CC1. The molecule has 120 valence electrons. The van der Waals surface area contributed by atoms with Crippen molar-refractivity contribution in [2.45, 2.75) is 40.0 Å². The van der Waals surface area contributed by atoms with Crippen molar-refractivity contribution in [1.29, 1.82) is 0 Å². The van der Waals surface area contributed by atoms with Crippen molar-refractivity contribution in [3.05, 3.63) is 47.9 Å². The zero-order valence-electron chi connectivity index (χ0n) is 14.5. The van der Waals surface area contributed by atoms with Crippen LogP contribution in [0.25, 0.3) is 16.3 Å². The maximum absolute atomic E-state index is 4.69. The molecule has 1 atom stereocenters. The minimum atomic E-state index is 0.294. The Kier molecular flexibility index (Phi) is 4.20. The Balaban J connectivity index is 1.95. The summed E-state index contributed by atoms with van der Waals surface area (Å²) in [6, 6.07) is 4.18. The maximum Gasteiger partial charge on any atom is 0.126 e. The number of hydrogen-bond acceptors (Lipinski definition) is 3. The van der Waals surface area contributed by atoms with Gasteiger partial charge in [-0.15, -0.1) is 0 Å². The molecule has 23 heavy (non-hydrogen) atoms. The molecule has 0 spiro atoms. The Labute approximate surface area is 138 Å². The highest BCUT2D eigenvalue weighted by atomic mass is 14.9. The fraction of sp³-hybridized carbons (Fsp3) is 0.400. The second-order valence-corrected chi connectivity index (χ2v) is 6.79. The zero-order valence-corrected chi connectivity index (χ0v) is 14.5. The predicted molar refractivity (Wildman–Crippen MR) is 98.5 cm³/mol. The Bertz CT molecular complexity index is 789. The summed E-state index contributed by atoms with van der Waals surface area (Å²) in [6.45, 7) is 6.81. The van der Waals surface area contributed by atoms with E-state index in [0.717, 1.165) is 28.7 Å². The van der Waals surface area contributed by atoms with Gasteiger partial charge >= 0.3 is 0 Å². The second-order valence-electron chi connectivity index (χ2n) is 6.79. The monoisotopic (exact) mass is 307 g/mol. The molecule has 0 saturated carbocycles. The number of allylic oxidation sites excluding steroid dienone is 4. The van der Waals surface area contributed by atoms with Gasteiger partial charge in [0.05, 0.1) is 5.69 Å². The molecular formula is C20H25N3. The molecule has 1 aliphatic rings. The highest BCUT2D eigenvalue weighted by molar-refractivity contribution is 5.88. The first-order valence-electron chi connectivity index (χ1n) is 8.38. The van der Waals surface area contributed by atoms with Crippen LogP contribution in [-0.4, -0.2) is 17.0 Å². The van der Waals surface area contributed by atoms with E-state index in [-0.39, 0.29) is 0 Å². The number of fused-ring (bicyclic) bond motifs is 1. The Morgan fingerprint density at radius 3 is 2.61 bits per heavy atom. The van der Waals surface area contributed by atoms with E-state index < -0.39 is 0 Å². The number of anilines is 1. The maximum atomic E-state index is 4.69. The van der Waals surface area contributed by atoms with Crippen molar-refractivity contribution in [2.75, 3.05) is 12.4 Å². The van der Waals surface area contributed by atoms with Crippen molar-refractivity contribution in [3.8, 4) is 0 Å². The number of rotatable bonds is 4. The van der Waals surface area contributed by atoms with Gasteiger partial charge in [-0.25, -0.2) is 4.98 Å². The van der Waals surface area contributed by atoms with Gasteiger partial charge in [-0.1, -0.05) is 32.4 Å². The van der Waals surface area contributed by atoms with Crippen molar-refractivity contribution in [2.24, 2.45) is 5.41 Å². The molecule has 0 fully saturated rings. The van der Waals surface area contributed by atoms with Crippen LogP contribution in [0, 0.1) is 5.41 Å². The summed E-state index contributed by atoms with van der Waals surface area (Å²) >= 11 is 0. The summed E-state index contributed by atoms with van der Waals surface area (Å²) in [7, 11) is 1.88. The standard InChI is InChI=1S/C20H25N3/c1-5-7-20(3)8-6-17(14(2)11-20)18-9-15-13-23-19(21-4)10-16(15)12-22-18/h6,9-13H,5,7-8H2,1-4H3,(H,21,23). The van der Waals surface area contributed by atoms with Crippen molar-refractivity contribution >= 4 is 22.2 Å². The van der Waals surface area contributed by atoms with Gasteiger partial charge < -0.3 is 5.32 Å². The van der Waals surface area contributed by atoms with Crippen molar-refractivity contribution in [3.63, 3.8) is 0 Å². The number of nitrogens with one attached hydrogen (secondary N) is 1. The Morgan fingerprint density at radius 2 is 1.91 bits per heavy atom. The molecule has 0 amide bonds. The van der Waals surface area contributed by atoms with Gasteiger partial charge in [0.1, 0.15) is 5.82 Å². The molecule has 3 nitrogen and oxygen atoms in total. The molecule has 1 aliphatic carbocycles. The lowest BCUT2D eigenvalue weighted by molar-refractivity contribution is 0.387. The average molecular weight is 307 g/mol. The smallest absolute Gasteiger partial charge is 0.126 e. The van der Waals surface area contributed by atoms with Crippen LogP contribution in [-0.2, 0) is 0 Å². The summed E-state index contributed by atoms with van der Waals surface area (Å²) in [6.07, 6.45) is 12.2. The second kappa shape index (κ2) is 6.15. The largest absolute Gasteiger partial charge is 0.373 e. The third kappa shape index (κ3) is 3.14. The lowest BCUT2D eigenvalue weighted by Crippen LogP contribution is -2.16. The molecule has 0 aromatic carbocycles. The molecule has 1 N–H and O–H groups in total. The highest BCUT2D eigenvalue weighted by Crippen LogP contribution is 2.39. The number of nitrogens with zero attached hydrogens (tertiary/aromatic N) is 2. The predicted octanol–water partition coefficient (Wildman–Crippen LogP) is 5.21. The molecule has 3 rings (SSSR count). The summed E-state index contributed by atoms with van der Waals surface area (Å²) in [5.74, 6) is 0.871. The first-order valence-corrected chi connectivity index (χ1v) is 8.38. The molecule has 3 heteroatoms. The van der Waals surface area contributed by atoms with Crippen LogP contribution in [0.3, 0.4) is 0 Å². The fourth-order valence-corrected chi connectivity index (χ4v) is 3.53. The third-order valence-electron chi connectivity index (χ3n) is 4.72. The van der Waals surface area contributed by atoms with Crippen LogP contribution in [0.4, 0.5) is 5.82 Å². The number of pyridine rings is 2. The molecule has 2 aromatic rings. The van der Waals surface area contributed by atoms with Gasteiger partial charge in [0.25, 0.3) is 0 Å².